The average Bonchev–Trinajstić information content (AvgIpc) is 2.98. The molecule has 1 aromatic rings. The van der Waals surface area contributed by atoms with E-state index in [0.29, 0.717) is 43.9 Å². The van der Waals surface area contributed by atoms with E-state index in [1.54, 1.807) is 37.3 Å². The Morgan fingerprint density at radius 3 is 2.33 bits per heavy atom. The molecule has 0 radical (unpaired) electrons. The normalized spacial score (nSPS) is 20.9. The summed E-state index contributed by atoms with van der Waals surface area (Å²) < 4.78 is 35.6. The van der Waals surface area contributed by atoms with Crippen molar-refractivity contribution in [2.24, 2.45) is 13.0 Å². The van der Waals surface area contributed by atoms with Crippen molar-refractivity contribution in [3.8, 4) is 0 Å². The monoisotopic (exact) mass is 439 g/mol. The number of carbonyl (C=O) groups excluding carboxylic acids is 2. The number of hydrogen-bond acceptors (Lipinski definition) is 5. The quantitative estimate of drug-likeness (QED) is 0.657. The summed E-state index contributed by atoms with van der Waals surface area (Å²) in [6.07, 6.45) is 4.16. The van der Waals surface area contributed by atoms with Crippen molar-refractivity contribution < 1.29 is 22.7 Å². The van der Waals surface area contributed by atoms with Gasteiger partial charge in [-0.15, -0.1) is 0 Å². The molecule has 9 heteroatoms. The van der Waals surface area contributed by atoms with Crippen LogP contribution >= 0.6 is 0 Å². The molecule has 2 aliphatic rings. The number of nitrogens with zero attached hydrogens (tertiary/aromatic N) is 3. The molecule has 0 aromatic carbocycles. The van der Waals surface area contributed by atoms with E-state index in [9.17, 15) is 18.0 Å². The number of carbonyl (C=O) groups is 2. The number of rotatable bonds is 5. The molecule has 30 heavy (non-hydrogen) atoms. The smallest absolute Gasteiger partial charge is 0.310 e. The second-order valence-electron chi connectivity index (χ2n) is 8.24. The summed E-state index contributed by atoms with van der Waals surface area (Å²) in [5.74, 6) is -1.05. The van der Waals surface area contributed by atoms with E-state index in [4.69, 9.17) is 4.74 Å². The van der Waals surface area contributed by atoms with Gasteiger partial charge >= 0.3 is 5.97 Å². The van der Waals surface area contributed by atoms with E-state index in [1.165, 1.54) is 4.31 Å². The van der Waals surface area contributed by atoms with Gasteiger partial charge in [-0.1, -0.05) is 0 Å². The fourth-order valence-electron chi connectivity index (χ4n) is 4.48. The van der Waals surface area contributed by atoms with Crippen molar-refractivity contribution in [1.82, 2.24) is 13.8 Å². The van der Waals surface area contributed by atoms with Crippen LogP contribution < -0.4 is 0 Å². The third-order valence-electron chi connectivity index (χ3n) is 6.38. The zero-order chi connectivity index (χ0) is 22.1. The molecule has 168 valence electrons. The highest BCUT2D eigenvalue weighted by Crippen LogP contribution is 2.33. The Morgan fingerprint density at radius 1 is 1.03 bits per heavy atom. The summed E-state index contributed by atoms with van der Waals surface area (Å²) >= 11 is 0. The van der Waals surface area contributed by atoms with Gasteiger partial charge in [-0.2, -0.15) is 4.31 Å². The van der Waals surface area contributed by atoms with Gasteiger partial charge in [0.25, 0.3) is 5.91 Å². The standard InChI is InChI=1S/C21H33N3O5S/c1-5-29-21(26)17-10-9-13-24(14-17)30(27,28)19-16(3)22(4)15(2)18(19)20(25)23-11-7-6-8-12-23/h17H,5-14H2,1-4H3/t17-/m0/s1. The molecule has 0 unspecified atom stereocenters. The van der Waals surface area contributed by atoms with Crippen LogP contribution in [0.4, 0.5) is 0 Å². The number of hydrogen-bond donors (Lipinski definition) is 0. The molecule has 0 saturated carbocycles. The van der Waals surface area contributed by atoms with Gasteiger partial charge < -0.3 is 14.2 Å². The van der Waals surface area contributed by atoms with E-state index < -0.39 is 15.9 Å². The number of ether oxygens (including phenoxy) is 1. The third kappa shape index (κ3) is 4.14. The molecular weight excluding hydrogens is 406 g/mol. The van der Waals surface area contributed by atoms with Crippen LogP contribution in [0.15, 0.2) is 4.90 Å². The molecule has 0 N–H and O–H groups in total. The predicted octanol–water partition coefficient (Wildman–Crippen LogP) is 2.23. The van der Waals surface area contributed by atoms with Crippen molar-refractivity contribution in [3.63, 3.8) is 0 Å². The second kappa shape index (κ2) is 9.09. The molecule has 2 fully saturated rings. The maximum absolute atomic E-state index is 13.7. The van der Waals surface area contributed by atoms with Gasteiger partial charge in [-0.25, -0.2) is 8.42 Å². The summed E-state index contributed by atoms with van der Waals surface area (Å²) in [6, 6.07) is 0. The van der Waals surface area contributed by atoms with Gasteiger partial charge in [-0.05, 0) is 52.9 Å². The van der Waals surface area contributed by atoms with Gasteiger partial charge in [0, 0.05) is 44.6 Å². The van der Waals surface area contributed by atoms with Crippen LogP contribution in [0.2, 0.25) is 0 Å². The Labute approximate surface area is 179 Å². The number of piperidine rings is 2. The first-order valence-electron chi connectivity index (χ1n) is 10.8. The first kappa shape index (κ1) is 22.8. The van der Waals surface area contributed by atoms with Gasteiger partial charge in [0.1, 0.15) is 4.90 Å². The molecule has 8 nitrogen and oxygen atoms in total. The highest BCUT2D eigenvalue weighted by atomic mass is 32.2. The van der Waals surface area contributed by atoms with Crippen LogP contribution in [0.3, 0.4) is 0 Å². The maximum Gasteiger partial charge on any atom is 0.310 e. The van der Waals surface area contributed by atoms with E-state index in [1.807, 2.05) is 0 Å². The zero-order valence-corrected chi connectivity index (χ0v) is 19.3. The van der Waals surface area contributed by atoms with Crippen LogP contribution in [-0.4, -0.2) is 66.9 Å². The summed E-state index contributed by atoms with van der Waals surface area (Å²) in [5, 5.41) is 0. The van der Waals surface area contributed by atoms with Crippen LogP contribution in [0, 0.1) is 19.8 Å². The summed E-state index contributed by atoms with van der Waals surface area (Å²) in [4.78, 5) is 27.4. The third-order valence-corrected chi connectivity index (χ3v) is 8.41. The number of amides is 1. The van der Waals surface area contributed by atoms with Crippen LogP contribution in [0.5, 0.6) is 0 Å². The van der Waals surface area contributed by atoms with Crippen molar-refractivity contribution in [2.45, 2.75) is 57.8 Å². The molecule has 0 bridgehead atoms. The molecule has 1 aromatic heterocycles. The molecule has 2 saturated heterocycles. The number of esters is 1. The minimum Gasteiger partial charge on any atom is -0.466 e. The lowest BCUT2D eigenvalue weighted by molar-refractivity contribution is -0.149. The molecule has 3 rings (SSSR count). The molecule has 2 aliphatic heterocycles. The molecule has 0 spiro atoms. The largest absolute Gasteiger partial charge is 0.466 e. The Morgan fingerprint density at radius 2 is 1.70 bits per heavy atom. The van der Waals surface area contributed by atoms with Gasteiger partial charge in [0.15, 0.2) is 0 Å². The Bertz CT molecular complexity index is 916. The molecule has 1 atom stereocenters. The van der Waals surface area contributed by atoms with Gasteiger partial charge in [-0.3, -0.25) is 9.59 Å². The van der Waals surface area contributed by atoms with Crippen LogP contribution in [0.1, 0.15) is 60.8 Å². The van der Waals surface area contributed by atoms with E-state index >= 15 is 0 Å². The minimum absolute atomic E-state index is 0.0857. The van der Waals surface area contributed by atoms with Crippen LogP contribution in [0.25, 0.3) is 0 Å². The lowest BCUT2D eigenvalue weighted by Crippen LogP contribution is -2.43. The predicted molar refractivity (Wildman–Crippen MR) is 113 cm³/mol. The summed E-state index contributed by atoms with van der Waals surface area (Å²) in [6.45, 7) is 7.27. The molecule has 1 amide bonds. The van der Waals surface area contributed by atoms with E-state index in [2.05, 4.69) is 0 Å². The lowest BCUT2D eigenvalue weighted by atomic mass is 10.0. The summed E-state index contributed by atoms with van der Waals surface area (Å²) in [5.41, 5.74) is 1.47. The zero-order valence-electron chi connectivity index (χ0n) is 18.4. The van der Waals surface area contributed by atoms with Crippen molar-refractivity contribution in [1.29, 1.82) is 0 Å². The highest BCUT2D eigenvalue weighted by molar-refractivity contribution is 7.89. The number of sulfonamides is 1. The molecule has 0 aliphatic carbocycles. The maximum atomic E-state index is 13.7. The van der Waals surface area contributed by atoms with Crippen molar-refractivity contribution >= 4 is 21.9 Å². The second-order valence-corrected chi connectivity index (χ2v) is 10.1. The van der Waals surface area contributed by atoms with Crippen LogP contribution in [-0.2, 0) is 26.6 Å². The average molecular weight is 440 g/mol. The molecule has 3 heterocycles. The van der Waals surface area contributed by atoms with Gasteiger partial charge in [0.05, 0.1) is 18.1 Å². The van der Waals surface area contributed by atoms with Crippen molar-refractivity contribution in [3.05, 3.63) is 17.0 Å². The first-order valence-corrected chi connectivity index (χ1v) is 12.3. The fourth-order valence-corrected chi connectivity index (χ4v) is 6.49. The van der Waals surface area contributed by atoms with E-state index in [0.717, 1.165) is 19.3 Å². The Hall–Kier alpha value is -1.87. The SMILES string of the molecule is CCOC(=O)[C@H]1CCCN(S(=O)(=O)c2c(C(=O)N3CCCCC3)c(C)n(C)c2C)C1. The lowest BCUT2D eigenvalue weighted by Gasteiger charge is -2.31. The highest BCUT2D eigenvalue weighted by Gasteiger charge is 2.39. The van der Waals surface area contributed by atoms with Gasteiger partial charge in [0.2, 0.25) is 10.0 Å². The van der Waals surface area contributed by atoms with Crippen molar-refractivity contribution in [2.75, 3.05) is 32.8 Å². The summed E-state index contributed by atoms with van der Waals surface area (Å²) in [7, 11) is -2.15. The Balaban J connectivity index is 1.98. The minimum atomic E-state index is -3.93. The first-order chi connectivity index (χ1) is 14.2. The fraction of sp³-hybridized carbons (Fsp3) is 0.714. The topological polar surface area (TPSA) is 88.9 Å². The number of aromatic nitrogens is 1. The van der Waals surface area contributed by atoms with E-state index in [-0.39, 0.29) is 35.5 Å². The Kier molecular flexibility index (Phi) is 6.91. The number of likely N-dealkylation sites (tertiary alicyclic amines) is 1. The molecular formula is C21H33N3O5S.